The third-order valence-corrected chi connectivity index (χ3v) is 4.36. The SMILES string of the molecule is CC1=C[C@@H]2C(=C(C)CC[C@H]2C(C)C)C(O)C1. The summed E-state index contributed by atoms with van der Waals surface area (Å²) in [5, 5.41) is 10.2. The Labute approximate surface area is 99.3 Å². The maximum atomic E-state index is 10.2. The Hall–Kier alpha value is -0.560. The highest BCUT2D eigenvalue weighted by Gasteiger charge is 2.36. The van der Waals surface area contributed by atoms with Crippen LogP contribution in [-0.2, 0) is 0 Å². The van der Waals surface area contributed by atoms with Gasteiger partial charge >= 0.3 is 0 Å². The predicted octanol–water partition coefficient (Wildman–Crippen LogP) is 3.70. The molecule has 0 radical (unpaired) electrons. The Kier molecular flexibility index (Phi) is 3.25. The fourth-order valence-corrected chi connectivity index (χ4v) is 3.48. The Morgan fingerprint density at radius 3 is 2.62 bits per heavy atom. The molecule has 2 aliphatic rings. The summed E-state index contributed by atoms with van der Waals surface area (Å²) in [6.07, 6.45) is 5.51. The standard InChI is InChI=1S/C15H24O/c1-9(2)12-6-5-11(4)15-13(12)7-10(3)8-14(15)16/h7,9,12-14,16H,5-6,8H2,1-4H3/t12-,13-,14?/m0/s1. The molecule has 90 valence electrons. The largest absolute Gasteiger partial charge is 0.388 e. The molecule has 1 heteroatoms. The molecule has 0 aromatic heterocycles. The molecule has 0 aliphatic heterocycles. The molecule has 0 saturated heterocycles. The Morgan fingerprint density at radius 1 is 1.31 bits per heavy atom. The smallest absolute Gasteiger partial charge is 0.0795 e. The Bertz CT molecular complexity index is 335. The monoisotopic (exact) mass is 220 g/mol. The number of aliphatic hydroxyl groups excluding tert-OH is 1. The van der Waals surface area contributed by atoms with Crippen LogP contribution in [0.15, 0.2) is 22.8 Å². The van der Waals surface area contributed by atoms with Gasteiger partial charge in [0.15, 0.2) is 0 Å². The molecule has 2 aliphatic carbocycles. The number of fused-ring (bicyclic) bond motifs is 1. The van der Waals surface area contributed by atoms with Crippen molar-refractivity contribution in [1.82, 2.24) is 0 Å². The van der Waals surface area contributed by atoms with Gasteiger partial charge in [-0.25, -0.2) is 0 Å². The lowest BCUT2D eigenvalue weighted by atomic mass is 9.66. The molecule has 3 atom stereocenters. The van der Waals surface area contributed by atoms with Gasteiger partial charge in [0, 0.05) is 5.92 Å². The average Bonchev–Trinajstić information content (AvgIpc) is 2.15. The van der Waals surface area contributed by atoms with E-state index in [1.807, 2.05) is 0 Å². The summed E-state index contributed by atoms with van der Waals surface area (Å²) in [5.74, 6) is 1.95. The third kappa shape index (κ3) is 1.98. The van der Waals surface area contributed by atoms with E-state index in [4.69, 9.17) is 0 Å². The van der Waals surface area contributed by atoms with E-state index >= 15 is 0 Å². The molecule has 0 spiro atoms. The highest BCUT2D eigenvalue weighted by Crippen LogP contribution is 2.44. The zero-order valence-electron chi connectivity index (χ0n) is 11.0. The number of allylic oxidation sites excluding steroid dienone is 2. The van der Waals surface area contributed by atoms with Crippen molar-refractivity contribution in [2.75, 3.05) is 0 Å². The molecule has 16 heavy (non-hydrogen) atoms. The van der Waals surface area contributed by atoms with E-state index in [9.17, 15) is 5.11 Å². The summed E-state index contributed by atoms with van der Waals surface area (Å²) in [4.78, 5) is 0. The zero-order valence-corrected chi connectivity index (χ0v) is 11.0. The average molecular weight is 220 g/mol. The number of rotatable bonds is 1. The van der Waals surface area contributed by atoms with Crippen LogP contribution in [0.1, 0.15) is 47.0 Å². The predicted molar refractivity (Wildman–Crippen MR) is 68.1 cm³/mol. The van der Waals surface area contributed by atoms with Crippen molar-refractivity contribution < 1.29 is 5.11 Å². The van der Waals surface area contributed by atoms with Crippen molar-refractivity contribution in [2.45, 2.75) is 53.1 Å². The maximum Gasteiger partial charge on any atom is 0.0795 e. The van der Waals surface area contributed by atoms with Gasteiger partial charge in [0.2, 0.25) is 0 Å². The summed E-state index contributed by atoms with van der Waals surface area (Å²) >= 11 is 0. The molecular weight excluding hydrogens is 196 g/mol. The van der Waals surface area contributed by atoms with Gasteiger partial charge in [-0.3, -0.25) is 0 Å². The number of aliphatic hydroxyl groups is 1. The Balaban J connectivity index is 2.39. The first kappa shape index (κ1) is 11.9. The highest BCUT2D eigenvalue weighted by molar-refractivity contribution is 5.33. The molecule has 1 unspecified atom stereocenters. The van der Waals surface area contributed by atoms with Gasteiger partial charge in [0.05, 0.1) is 6.10 Å². The van der Waals surface area contributed by atoms with Gasteiger partial charge in [0.25, 0.3) is 0 Å². The van der Waals surface area contributed by atoms with Crippen molar-refractivity contribution in [3.8, 4) is 0 Å². The van der Waals surface area contributed by atoms with Crippen LogP contribution in [0.5, 0.6) is 0 Å². The summed E-state index contributed by atoms with van der Waals surface area (Å²) in [7, 11) is 0. The van der Waals surface area contributed by atoms with Crippen LogP contribution in [0.25, 0.3) is 0 Å². The van der Waals surface area contributed by atoms with Gasteiger partial charge in [-0.1, -0.05) is 31.1 Å². The lowest BCUT2D eigenvalue weighted by Gasteiger charge is -2.40. The van der Waals surface area contributed by atoms with Gasteiger partial charge in [-0.2, -0.15) is 0 Å². The van der Waals surface area contributed by atoms with Crippen LogP contribution < -0.4 is 0 Å². The van der Waals surface area contributed by atoms with Gasteiger partial charge in [0.1, 0.15) is 0 Å². The van der Waals surface area contributed by atoms with Crippen LogP contribution in [-0.4, -0.2) is 11.2 Å². The van der Waals surface area contributed by atoms with Crippen molar-refractivity contribution in [1.29, 1.82) is 0 Å². The maximum absolute atomic E-state index is 10.2. The van der Waals surface area contributed by atoms with Crippen molar-refractivity contribution >= 4 is 0 Å². The quantitative estimate of drug-likeness (QED) is 0.668. The summed E-state index contributed by atoms with van der Waals surface area (Å²) in [6, 6.07) is 0. The molecule has 0 bridgehead atoms. The van der Waals surface area contributed by atoms with E-state index < -0.39 is 0 Å². The highest BCUT2D eigenvalue weighted by atomic mass is 16.3. The van der Waals surface area contributed by atoms with Crippen LogP contribution >= 0.6 is 0 Å². The molecule has 0 saturated carbocycles. The fraction of sp³-hybridized carbons (Fsp3) is 0.733. The van der Waals surface area contributed by atoms with E-state index in [2.05, 4.69) is 33.8 Å². The van der Waals surface area contributed by atoms with Crippen molar-refractivity contribution in [2.24, 2.45) is 17.8 Å². The van der Waals surface area contributed by atoms with Crippen LogP contribution in [0.3, 0.4) is 0 Å². The minimum atomic E-state index is -0.212. The molecular formula is C15H24O. The van der Waals surface area contributed by atoms with E-state index in [0.29, 0.717) is 11.8 Å². The lowest BCUT2D eigenvalue weighted by Crippen LogP contribution is -2.33. The van der Waals surface area contributed by atoms with E-state index in [1.165, 1.54) is 29.6 Å². The van der Waals surface area contributed by atoms with Gasteiger partial charge < -0.3 is 5.11 Å². The summed E-state index contributed by atoms with van der Waals surface area (Å²) in [6.45, 7) is 8.98. The number of hydrogen-bond donors (Lipinski definition) is 1. The minimum absolute atomic E-state index is 0.212. The molecule has 0 aromatic rings. The molecule has 2 rings (SSSR count). The molecule has 0 fully saturated rings. The topological polar surface area (TPSA) is 20.2 Å². The number of hydrogen-bond acceptors (Lipinski definition) is 1. The first-order valence-corrected chi connectivity index (χ1v) is 6.55. The fourth-order valence-electron chi connectivity index (χ4n) is 3.48. The van der Waals surface area contributed by atoms with Crippen molar-refractivity contribution in [3.63, 3.8) is 0 Å². The van der Waals surface area contributed by atoms with Crippen LogP contribution in [0.4, 0.5) is 0 Å². The summed E-state index contributed by atoms with van der Waals surface area (Å²) < 4.78 is 0. The van der Waals surface area contributed by atoms with Gasteiger partial charge in [-0.05, 0) is 50.5 Å². The first-order chi connectivity index (χ1) is 7.50. The second kappa shape index (κ2) is 4.37. The van der Waals surface area contributed by atoms with E-state index in [0.717, 1.165) is 12.3 Å². The van der Waals surface area contributed by atoms with E-state index in [-0.39, 0.29) is 6.10 Å². The normalized spacial score (nSPS) is 35.1. The van der Waals surface area contributed by atoms with E-state index in [1.54, 1.807) is 0 Å². The lowest BCUT2D eigenvalue weighted by molar-refractivity contribution is 0.164. The summed E-state index contributed by atoms with van der Waals surface area (Å²) in [5.41, 5.74) is 4.15. The molecule has 1 nitrogen and oxygen atoms in total. The van der Waals surface area contributed by atoms with Crippen LogP contribution in [0.2, 0.25) is 0 Å². The minimum Gasteiger partial charge on any atom is -0.388 e. The second-order valence-electron chi connectivity index (χ2n) is 5.94. The van der Waals surface area contributed by atoms with Gasteiger partial charge in [-0.15, -0.1) is 0 Å². The molecule has 0 heterocycles. The van der Waals surface area contributed by atoms with Crippen molar-refractivity contribution in [3.05, 3.63) is 22.8 Å². The van der Waals surface area contributed by atoms with Crippen LogP contribution in [0, 0.1) is 17.8 Å². The molecule has 0 amide bonds. The second-order valence-corrected chi connectivity index (χ2v) is 5.94. The molecule has 1 N–H and O–H groups in total. The molecule has 0 aromatic carbocycles. The zero-order chi connectivity index (χ0) is 11.9. The first-order valence-electron chi connectivity index (χ1n) is 6.55. The third-order valence-electron chi connectivity index (χ3n) is 4.36. The Morgan fingerprint density at radius 2 is 2.00 bits per heavy atom.